The summed E-state index contributed by atoms with van der Waals surface area (Å²) in [5, 5.41) is 11.4. The molecule has 6 heteroatoms. The van der Waals surface area contributed by atoms with Gasteiger partial charge in [0.1, 0.15) is 0 Å². The average Bonchev–Trinajstić information content (AvgIpc) is 3.26. The van der Waals surface area contributed by atoms with Crippen LogP contribution < -0.4 is 0 Å². The van der Waals surface area contributed by atoms with Gasteiger partial charge in [-0.1, -0.05) is 24.3 Å². The standard InChI is InChI=1S/C20H25N3O3/c1-2-26-20(25)23-12-9-15(13-23)22-10-7-14(8-11-22)18-16-5-3-4-6-17(16)21-19(18)24/h3-7,15,21,24H,2,8-13H2,1H3. The number of fused-ring (bicyclic) bond motifs is 1. The summed E-state index contributed by atoms with van der Waals surface area (Å²) in [5.74, 6) is 0.250. The Labute approximate surface area is 153 Å². The van der Waals surface area contributed by atoms with Gasteiger partial charge in [0.2, 0.25) is 0 Å². The Morgan fingerprint density at radius 2 is 2.19 bits per heavy atom. The third-order valence-electron chi connectivity index (χ3n) is 5.45. The number of aromatic nitrogens is 1. The number of H-pyrrole nitrogens is 1. The largest absolute Gasteiger partial charge is 0.494 e. The van der Waals surface area contributed by atoms with Gasteiger partial charge in [0, 0.05) is 48.7 Å². The van der Waals surface area contributed by atoms with E-state index < -0.39 is 0 Å². The van der Waals surface area contributed by atoms with Crippen LogP contribution in [-0.4, -0.2) is 64.8 Å². The molecule has 0 spiro atoms. The second-order valence-corrected chi connectivity index (χ2v) is 6.96. The zero-order chi connectivity index (χ0) is 18.1. The lowest BCUT2D eigenvalue weighted by Crippen LogP contribution is -2.41. The molecule has 26 heavy (non-hydrogen) atoms. The van der Waals surface area contributed by atoms with Gasteiger partial charge < -0.3 is 19.7 Å². The van der Waals surface area contributed by atoms with Crippen molar-refractivity contribution in [3.05, 3.63) is 35.9 Å². The highest BCUT2D eigenvalue weighted by Crippen LogP contribution is 2.36. The van der Waals surface area contributed by atoms with Crippen LogP contribution in [0.3, 0.4) is 0 Å². The number of aromatic hydroxyl groups is 1. The van der Waals surface area contributed by atoms with Gasteiger partial charge in [-0.15, -0.1) is 0 Å². The number of nitrogens with one attached hydrogen (secondary N) is 1. The molecule has 1 unspecified atom stereocenters. The molecule has 1 atom stereocenters. The van der Waals surface area contributed by atoms with E-state index in [-0.39, 0.29) is 12.0 Å². The topological polar surface area (TPSA) is 68.8 Å². The zero-order valence-electron chi connectivity index (χ0n) is 15.1. The summed E-state index contributed by atoms with van der Waals surface area (Å²) < 4.78 is 5.11. The van der Waals surface area contributed by atoms with Gasteiger partial charge in [-0.3, -0.25) is 4.90 Å². The molecule has 1 saturated heterocycles. The molecule has 1 aromatic heterocycles. The van der Waals surface area contributed by atoms with E-state index >= 15 is 0 Å². The number of rotatable bonds is 3. The summed E-state index contributed by atoms with van der Waals surface area (Å²) >= 11 is 0. The fourth-order valence-electron chi connectivity index (χ4n) is 4.12. The number of para-hydroxylation sites is 1. The summed E-state index contributed by atoms with van der Waals surface area (Å²) in [6.45, 7) is 5.54. The summed E-state index contributed by atoms with van der Waals surface area (Å²) in [6.07, 6.45) is 3.89. The Morgan fingerprint density at radius 3 is 2.96 bits per heavy atom. The number of nitrogens with zero attached hydrogens (tertiary/aromatic N) is 2. The Kier molecular flexibility index (Phi) is 4.59. The summed E-state index contributed by atoms with van der Waals surface area (Å²) in [7, 11) is 0. The van der Waals surface area contributed by atoms with Crippen LogP contribution in [-0.2, 0) is 4.74 Å². The van der Waals surface area contributed by atoms with Crippen molar-refractivity contribution in [2.45, 2.75) is 25.8 Å². The minimum Gasteiger partial charge on any atom is -0.494 e. The molecule has 2 aliphatic rings. The minimum atomic E-state index is -0.202. The molecule has 0 radical (unpaired) electrons. The molecule has 1 aromatic carbocycles. The van der Waals surface area contributed by atoms with Gasteiger partial charge in [-0.2, -0.15) is 0 Å². The lowest BCUT2D eigenvalue weighted by Gasteiger charge is -2.31. The first-order valence-corrected chi connectivity index (χ1v) is 9.32. The maximum Gasteiger partial charge on any atom is 0.409 e. The highest BCUT2D eigenvalue weighted by molar-refractivity contribution is 5.95. The van der Waals surface area contributed by atoms with Crippen LogP contribution in [0.15, 0.2) is 30.3 Å². The highest BCUT2D eigenvalue weighted by Gasteiger charge is 2.32. The molecule has 2 aliphatic heterocycles. The summed E-state index contributed by atoms with van der Waals surface area (Å²) in [4.78, 5) is 19.2. The number of aromatic amines is 1. The van der Waals surface area contributed by atoms with Crippen LogP contribution in [0, 0.1) is 0 Å². The van der Waals surface area contributed by atoms with Gasteiger partial charge in [0.15, 0.2) is 5.88 Å². The predicted molar refractivity (Wildman–Crippen MR) is 101 cm³/mol. The maximum atomic E-state index is 11.9. The number of likely N-dealkylation sites (tertiary alicyclic amines) is 1. The Balaban J connectivity index is 1.46. The minimum absolute atomic E-state index is 0.202. The number of ether oxygens (including phenoxy) is 1. The van der Waals surface area contributed by atoms with Crippen LogP contribution in [0.4, 0.5) is 4.79 Å². The molecule has 2 N–H and O–H groups in total. The molecule has 1 amide bonds. The Bertz CT molecular complexity index is 842. The first-order valence-electron chi connectivity index (χ1n) is 9.32. The fourth-order valence-corrected chi connectivity index (χ4v) is 4.12. The van der Waals surface area contributed by atoms with E-state index in [1.165, 1.54) is 5.57 Å². The van der Waals surface area contributed by atoms with E-state index in [4.69, 9.17) is 4.74 Å². The van der Waals surface area contributed by atoms with Crippen LogP contribution in [0.1, 0.15) is 25.3 Å². The molecule has 138 valence electrons. The van der Waals surface area contributed by atoms with Crippen molar-refractivity contribution in [1.29, 1.82) is 0 Å². The molecule has 6 nitrogen and oxygen atoms in total. The second-order valence-electron chi connectivity index (χ2n) is 6.96. The van der Waals surface area contributed by atoms with Crippen molar-refractivity contribution in [2.24, 2.45) is 0 Å². The number of hydrogen-bond acceptors (Lipinski definition) is 4. The van der Waals surface area contributed by atoms with Gasteiger partial charge in [-0.05, 0) is 31.4 Å². The van der Waals surface area contributed by atoms with Gasteiger partial charge >= 0.3 is 6.09 Å². The Hall–Kier alpha value is -2.47. The molecule has 1 fully saturated rings. The van der Waals surface area contributed by atoms with Crippen LogP contribution in [0.5, 0.6) is 5.88 Å². The molecule has 4 rings (SSSR count). The van der Waals surface area contributed by atoms with Crippen LogP contribution in [0.25, 0.3) is 16.5 Å². The van der Waals surface area contributed by atoms with Crippen LogP contribution >= 0.6 is 0 Å². The number of carbonyl (C=O) groups excluding carboxylic acids is 1. The number of benzene rings is 1. The summed E-state index contributed by atoms with van der Waals surface area (Å²) in [6, 6.07) is 8.37. The fraction of sp³-hybridized carbons (Fsp3) is 0.450. The van der Waals surface area contributed by atoms with E-state index in [1.807, 2.05) is 31.2 Å². The molecular weight excluding hydrogens is 330 g/mol. The SMILES string of the molecule is CCOC(=O)N1CCC(N2CC=C(c3c(O)[nH]c4ccccc34)CC2)C1. The van der Waals surface area contributed by atoms with Crippen molar-refractivity contribution < 1.29 is 14.6 Å². The second kappa shape index (κ2) is 7.03. The van der Waals surface area contributed by atoms with Gasteiger partial charge in [0.25, 0.3) is 0 Å². The quantitative estimate of drug-likeness (QED) is 0.887. The van der Waals surface area contributed by atoms with E-state index in [2.05, 4.69) is 16.0 Å². The van der Waals surface area contributed by atoms with E-state index in [0.29, 0.717) is 12.6 Å². The van der Waals surface area contributed by atoms with Crippen molar-refractivity contribution in [3.63, 3.8) is 0 Å². The number of carbonyl (C=O) groups is 1. The maximum absolute atomic E-state index is 11.9. The van der Waals surface area contributed by atoms with Crippen molar-refractivity contribution in [1.82, 2.24) is 14.8 Å². The number of amides is 1. The summed E-state index contributed by atoms with van der Waals surface area (Å²) in [5.41, 5.74) is 3.08. The van der Waals surface area contributed by atoms with Crippen molar-refractivity contribution >= 4 is 22.6 Å². The Morgan fingerprint density at radius 1 is 1.35 bits per heavy atom. The first kappa shape index (κ1) is 17.0. The zero-order valence-corrected chi connectivity index (χ0v) is 15.1. The number of hydrogen-bond donors (Lipinski definition) is 2. The smallest absolute Gasteiger partial charge is 0.409 e. The van der Waals surface area contributed by atoms with Gasteiger partial charge in [0.05, 0.1) is 6.61 Å². The average molecular weight is 355 g/mol. The molecular formula is C20H25N3O3. The van der Waals surface area contributed by atoms with E-state index in [9.17, 15) is 9.90 Å². The molecule has 2 aromatic rings. The lowest BCUT2D eigenvalue weighted by molar-refractivity contribution is 0.111. The molecule has 3 heterocycles. The monoisotopic (exact) mass is 355 g/mol. The van der Waals surface area contributed by atoms with Crippen LogP contribution in [0.2, 0.25) is 0 Å². The highest BCUT2D eigenvalue weighted by atomic mass is 16.6. The predicted octanol–water partition coefficient (Wildman–Crippen LogP) is 3.19. The lowest BCUT2D eigenvalue weighted by atomic mass is 9.97. The van der Waals surface area contributed by atoms with Gasteiger partial charge in [-0.25, -0.2) is 4.79 Å². The molecule has 0 bridgehead atoms. The molecule has 0 saturated carbocycles. The van der Waals surface area contributed by atoms with E-state index in [1.54, 1.807) is 4.90 Å². The van der Waals surface area contributed by atoms with Crippen molar-refractivity contribution in [3.8, 4) is 5.88 Å². The third kappa shape index (κ3) is 3.05. The third-order valence-corrected chi connectivity index (χ3v) is 5.45. The first-order chi connectivity index (χ1) is 12.7. The normalized spacial score (nSPS) is 21.2. The van der Waals surface area contributed by atoms with E-state index in [0.717, 1.165) is 55.5 Å². The van der Waals surface area contributed by atoms with Crippen molar-refractivity contribution in [2.75, 3.05) is 32.8 Å². The molecule has 0 aliphatic carbocycles.